The summed E-state index contributed by atoms with van der Waals surface area (Å²) >= 11 is 0. The number of hydrogen-bond donors (Lipinski definition) is 0. The van der Waals surface area contributed by atoms with E-state index in [1.54, 1.807) is 6.07 Å². The third-order valence-corrected chi connectivity index (χ3v) is 5.82. The summed E-state index contributed by atoms with van der Waals surface area (Å²) in [5.41, 5.74) is 2.02. The Morgan fingerprint density at radius 3 is 2.44 bits per heavy atom. The maximum Gasteiger partial charge on any atom is 0.234 e. The molecule has 1 heterocycles. The summed E-state index contributed by atoms with van der Waals surface area (Å²) in [6.45, 7) is 2.26. The minimum Gasteiger partial charge on any atom is -0.235 e. The molecule has 0 radical (unpaired) electrons. The molecule has 1 aromatic heterocycles. The Hall–Kier alpha value is -2.28. The van der Waals surface area contributed by atoms with Gasteiger partial charge in [0.15, 0.2) is 5.82 Å². The van der Waals surface area contributed by atoms with E-state index in [-0.39, 0.29) is 5.56 Å². The molecule has 4 heteroatoms. The molecule has 0 saturated heterocycles. The lowest BCUT2D eigenvalue weighted by Gasteiger charge is -2.29. The Bertz CT molecular complexity index is 771. The van der Waals surface area contributed by atoms with E-state index in [9.17, 15) is 4.39 Å². The normalized spacial score (nSPS) is 19.6. The van der Waals surface area contributed by atoms with Crippen molar-refractivity contribution in [1.82, 2.24) is 9.97 Å². The molecule has 2 aromatic rings. The summed E-state index contributed by atoms with van der Waals surface area (Å²) in [7, 11) is 0. The first-order chi connectivity index (χ1) is 13.2. The number of aromatic nitrogens is 2. The standard InChI is InChI=1S/C23H28FN3/c1-2-3-4-5-6-17-7-9-18(10-8-17)19-11-13-20(14-12-19)23-26-16-21(15-25)22(24)27-23/h11-14,16-18H,2-10H2,1H3/t17-,18-. The van der Waals surface area contributed by atoms with E-state index in [1.807, 2.05) is 12.1 Å². The summed E-state index contributed by atoms with van der Waals surface area (Å²) in [5, 5.41) is 8.78. The van der Waals surface area contributed by atoms with Crippen molar-refractivity contribution in [3.05, 3.63) is 47.5 Å². The minimum atomic E-state index is -0.760. The molecule has 0 bridgehead atoms. The third kappa shape index (κ3) is 5.13. The second kappa shape index (κ2) is 9.60. The Morgan fingerprint density at radius 1 is 1.07 bits per heavy atom. The zero-order chi connectivity index (χ0) is 19.1. The molecule has 0 N–H and O–H groups in total. The molecule has 1 aliphatic carbocycles. The summed E-state index contributed by atoms with van der Waals surface area (Å²) in [6, 6.07) is 9.93. The number of nitrogens with zero attached hydrogens (tertiary/aromatic N) is 3. The Labute approximate surface area is 161 Å². The van der Waals surface area contributed by atoms with Crippen molar-refractivity contribution in [3.8, 4) is 17.5 Å². The zero-order valence-electron chi connectivity index (χ0n) is 16.1. The average molecular weight is 365 g/mol. The Balaban J connectivity index is 1.55. The van der Waals surface area contributed by atoms with Crippen molar-refractivity contribution in [1.29, 1.82) is 5.26 Å². The van der Waals surface area contributed by atoms with Crippen LogP contribution in [0.4, 0.5) is 4.39 Å². The van der Waals surface area contributed by atoms with E-state index in [1.165, 1.54) is 69.5 Å². The molecule has 0 unspecified atom stereocenters. The lowest BCUT2D eigenvalue weighted by Crippen LogP contribution is -2.13. The van der Waals surface area contributed by atoms with E-state index in [2.05, 4.69) is 29.0 Å². The van der Waals surface area contributed by atoms with Gasteiger partial charge in [-0.05, 0) is 43.1 Å². The maximum atomic E-state index is 13.7. The van der Waals surface area contributed by atoms with Gasteiger partial charge in [0, 0.05) is 5.56 Å². The fourth-order valence-corrected chi connectivity index (χ4v) is 4.12. The third-order valence-electron chi connectivity index (χ3n) is 5.82. The van der Waals surface area contributed by atoms with E-state index < -0.39 is 5.95 Å². The van der Waals surface area contributed by atoms with Crippen LogP contribution in [0.3, 0.4) is 0 Å². The number of halogens is 1. The second-order valence-electron chi connectivity index (χ2n) is 7.70. The molecule has 3 nitrogen and oxygen atoms in total. The van der Waals surface area contributed by atoms with Gasteiger partial charge in [-0.25, -0.2) is 4.98 Å². The van der Waals surface area contributed by atoms with Crippen LogP contribution in [-0.4, -0.2) is 9.97 Å². The van der Waals surface area contributed by atoms with E-state index >= 15 is 0 Å². The predicted molar refractivity (Wildman–Crippen MR) is 106 cm³/mol. The highest BCUT2D eigenvalue weighted by molar-refractivity contribution is 5.55. The molecule has 3 rings (SSSR count). The topological polar surface area (TPSA) is 49.6 Å². The molecule has 1 fully saturated rings. The fraction of sp³-hybridized carbons (Fsp3) is 0.522. The van der Waals surface area contributed by atoms with Crippen LogP contribution in [0.2, 0.25) is 0 Å². The number of nitriles is 1. The van der Waals surface area contributed by atoms with Crippen LogP contribution in [0.15, 0.2) is 30.5 Å². The van der Waals surface area contributed by atoms with Crippen LogP contribution >= 0.6 is 0 Å². The van der Waals surface area contributed by atoms with Crippen molar-refractivity contribution in [2.45, 2.75) is 70.6 Å². The first-order valence-corrected chi connectivity index (χ1v) is 10.2. The first kappa shape index (κ1) is 19.5. The Morgan fingerprint density at radius 2 is 1.81 bits per heavy atom. The van der Waals surface area contributed by atoms with Crippen LogP contribution in [0, 0.1) is 23.2 Å². The van der Waals surface area contributed by atoms with Gasteiger partial charge in [0.25, 0.3) is 0 Å². The number of benzene rings is 1. The maximum absolute atomic E-state index is 13.7. The SMILES string of the molecule is CCCCCC[C@H]1CC[C@H](c2ccc(-c3ncc(C#N)c(F)n3)cc2)CC1. The second-order valence-corrected chi connectivity index (χ2v) is 7.70. The molecular formula is C23H28FN3. The molecule has 1 aliphatic rings. The van der Waals surface area contributed by atoms with Gasteiger partial charge in [-0.3, -0.25) is 0 Å². The molecule has 142 valence electrons. The van der Waals surface area contributed by atoms with E-state index in [0.717, 1.165) is 11.5 Å². The first-order valence-electron chi connectivity index (χ1n) is 10.2. The van der Waals surface area contributed by atoms with Gasteiger partial charge in [0.2, 0.25) is 5.95 Å². The van der Waals surface area contributed by atoms with Gasteiger partial charge in [-0.2, -0.15) is 14.6 Å². The van der Waals surface area contributed by atoms with Crippen LogP contribution in [0.1, 0.15) is 81.8 Å². The summed E-state index contributed by atoms with van der Waals surface area (Å²) < 4.78 is 13.7. The number of rotatable bonds is 7. The fourth-order valence-electron chi connectivity index (χ4n) is 4.12. The highest BCUT2D eigenvalue weighted by atomic mass is 19.1. The molecule has 0 atom stereocenters. The molecule has 1 saturated carbocycles. The number of unbranched alkanes of at least 4 members (excludes halogenated alkanes) is 3. The van der Waals surface area contributed by atoms with Crippen molar-refractivity contribution in [3.63, 3.8) is 0 Å². The largest absolute Gasteiger partial charge is 0.235 e. The summed E-state index contributed by atoms with van der Waals surface area (Å²) in [4.78, 5) is 7.91. The molecular weight excluding hydrogens is 337 g/mol. The van der Waals surface area contributed by atoms with Crippen LogP contribution < -0.4 is 0 Å². The monoisotopic (exact) mass is 365 g/mol. The van der Waals surface area contributed by atoms with Crippen molar-refractivity contribution in [2.75, 3.05) is 0 Å². The lowest BCUT2D eigenvalue weighted by atomic mass is 9.77. The summed E-state index contributed by atoms with van der Waals surface area (Å²) in [5.74, 6) is 1.11. The quantitative estimate of drug-likeness (QED) is 0.421. The Kier molecular flexibility index (Phi) is 6.92. The molecule has 1 aromatic carbocycles. The van der Waals surface area contributed by atoms with Gasteiger partial charge < -0.3 is 0 Å². The molecule has 27 heavy (non-hydrogen) atoms. The zero-order valence-corrected chi connectivity index (χ0v) is 16.1. The van der Waals surface area contributed by atoms with Crippen molar-refractivity contribution >= 4 is 0 Å². The van der Waals surface area contributed by atoms with Gasteiger partial charge in [-0.15, -0.1) is 0 Å². The van der Waals surface area contributed by atoms with Gasteiger partial charge in [0.1, 0.15) is 11.6 Å². The average Bonchev–Trinajstić information content (AvgIpc) is 2.72. The minimum absolute atomic E-state index is 0.123. The van der Waals surface area contributed by atoms with E-state index in [4.69, 9.17) is 5.26 Å². The van der Waals surface area contributed by atoms with Crippen LogP contribution in [0.25, 0.3) is 11.4 Å². The lowest BCUT2D eigenvalue weighted by molar-refractivity contribution is 0.302. The van der Waals surface area contributed by atoms with Gasteiger partial charge >= 0.3 is 0 Å². The van der Waals surface area contributed by atoms with Crippen LogP contribution in [-0.2, 0) is 0 Å². The molecule has 0 amide bonds. The van der Waals surface area contributed by atoms with Gasteiger partial charge in [-0.1, -0.05) is 63.3 Å². The smallest absolute Gasteiger partial charge is 0.234 e. The predicted octanol–water partition coefficient (Wildman–Crippen LogP) is 6.40. The van der Waals surface area contributed by atoms with Gasteiger partial charge in [0.05, 0.1) is 6.20 Å². The highest BCUT2D eigenvalue weighted by Gasteiger charge is 2.22. The van der Waals surface area contributed by atoms with Crippen molar-refractivity contribution < 1.29 is 4.39 Å². The molecule has 0 spiro atoms. The van der Waals surface area contributed by atoms with E-state index in [0.29, 0.717) is 11.7 Å². The van der Waals surface area contributed by atoms with Crippen molar-refractivity contribution in [2.24, 2.45) is 5.92 Å². The number of hydrogen-bond acceptors (Lipinski definition) is 3. The molecule has 0 aliphatic heterocycles. The highest BCUT2D eigenvalue weighted by Crippen LogP contribution is 2.38. The summed E-state index contributed by atoms with van der Waals surface area (Å²) in [6.07, 6.45) is 13.3. The van der Waals surface area contributed by atoms with Crippen LogP contribution in [0.5, 0.6) is 0 Å².